The second kappa shape index (κ2) is 4.65. The number of carbonyl (C=O) groups is 1. The monoisotopic (exact) mass is 216 g/mol. The first-order valence-corrected chi connectivity index (χ1v) is 5.09. The molecule has 0 aliphatic heterocycles. The molecule has 0 bridgehead atoms. The van der Waals surface area contributed by atoms with Gasteiger partial charge in [0.05, 0.1) is 11.8 Å². The summed E-state index contributed by atoms with van der Waals surface area (Å²) in [7, 11) is 0. The number of ketones is 1. The lowest BCUT2D eigenvalue weighted by molar-refractivity contribution is 0.0992. The maximum absolute atomic E-state index is 11.8. The van der Waals surface area contributed by atoms with Crippen molar-refractivity contribution in [2.45, 2.75) is 19.9 Å². The average Bonchev–Trinajstić information content (AvgIpc) is 2.78. The van der Waals surface area contributed by atoms with Crippen molar-refractivity contribution in [2.24, 2.45) is 0 Å². The lowest BCUT2D eigenvalue weighted by Gasteiger charge is -1.96. The maximum Gasteiger partial charge on any atom is 0.170 e. The molecular weight excluding hydrogens is 204 g/mol. The largest absolute Gasteiger partial charge is 0.294 e. The summed E-state index contributed by atoms with van der Waals surface area (Å²) in [5, 5.41) is 4.11. The number of aromatic nitrogens is 4. The number of carbonyl (C=O) groups excluding carboxylic acids is 1. The Kier molecular flexibility index (Phi) is 3.05. The second-order valence-corrected chi connectivity index (χ2v) is 3.43. The van der Waals surface area contributed by atoms with Crippen LogP contribution in [0.25, 0.3) is 0 Å². The molecule has 0 saturated heterocycles. The van der Waals surface area contributed by atoms with E-state index in [1.807, 2.05) is 13.1 Å². The number of hydrogen-bond acceptors (Lipinski definition) is 4. The number of aryl methyl sites for hydroxylation is 1. The van der Waals surface area contributed by atoms with Crippen LogP contribution in [0.5, 0.6) is 0 Å². The Hall–Kier alpha value is -2.04. The van der Waals surface area contributed by atoms with Crippen LogP contribution >= 0.6 is 0 Å². The Bertz CT molecular complexity index is 478. The van der Waals surface area contributed by atoms with E-state index in [2.05, 4.69) is 15.1 Å². The highest BCUT2D eigenvalue weighted by Crippen LogP contribution is 2.04. The van der Waals surface area contributed by atoms with Crippen molar-refractivity contribution >= 4 is 5.78 Å². The summed E-state index contributed by atoms with van der Waals surface area (Å²) >= 11 is 0. The molecule has 0 saturated carbocycles. The molecule has 0 amide bonds. The summed E-state index contributed by atoms with van der Waals surface area (Å²) in [6, 6.07) is 0. The minimum Gasteiger partial charge on any atom is -0.294 e. The highest BCUT2D eigenvalue weighted by atomic mass is 16.1. The molecule has 2 rings (SSSR count). The Morgan fingerprint density at radius 2 is 2.06 bits per heavy atom. The molecule has 0 atom stereocenters. The first kappa shape index (κ1) is 10.5. The predicted octanol–water partition coefficient (Wildman–Crippen LogP) is 1.12. The normalized spacial score (nSPS) is 10.3. The van der Waals surface area contributed by atoms with Gasteiger partial charge in [0, 0.05) is 31.6 Å². The Morgan fingerprint density at radius 3 is 2.69 bits per heavy atom. The summed E-state index contributed by atoms with van der Waals surface area (Å²) in [5.74, 6) is 0.0104. The van der Waals surface area contributed by atoms with Gasteiger partial charge in [-0.25, -0.2) is 9.97 Å². The summed E-state index contributed by atoms with van der Waals surface area (Å²) in [5.41, 5.74) is 1.45. The van der Waals surface area contributed by atoms with Gasteiger partial charge in [-0.3, -0.25) is 9.48 Å². The molecule has 0 fully saturated rings. The van der Waals surface area contributed by atoms with Crippen LogP contribution in [-0.4, -0.2) is 25.5 Å². The van der Waals surface area contributed by atoms with Gasteiger partial charge in [-0.05, 0) is 12.5 Å². The first-order valence-electron chi connectivity index (χ1n) is 5.09. The SMILES string of the molecule is CCn1cc(CC(=O)c2cncnc2)cn1. The molecule has 2 aromatic heterocycles. The van der Waals surface area contributed by atoms with Crippen molar-refractivity contribution in [3.8, 4) is 0 Å². The Balaban J connectivity index is 2.08. The van der Waals surface area contributed by atoms with Crippen LogP contribution in [0, 0.1) is 0 Å². The van der Waals surface area contributed by atoms with Gasteiger partial charge in [-0.1, -0.05) is 0 Å². The van der Waals surface area contributed by atoms with Crippen molar-refractivity contribution in [3.63, 3.8) is 0 Å². The van der Waals surface area contributed by atoms with Crippen LogP contribution in [-0.2, 0) is 13.0 Å². The predicted molar refractivity (Wildman–Crippen MR) is 58.0 cm³/mol. The maximum atomic E-state index is 11.8. The molecule has 0 radical (unpaired) electrons. The number of Topliss-reactive ketones (excluding diaryl/α,β-unsaturated/α-hetero) is 1. The van der Waals surface area contributed by atoms with E-state index < -0.39 is 0 Å². The zero-order chi connectivity index (χ0) is 11.4. The molecule has 0 aliphatic carbocycles. The van der Waals surface area contributed by atoms with Gasteiger partial charge in [-0.15, -0.1) is 0 Å². The van der Waals surface area contributed by atoms with Crippen LogP contribution in [0.3, 0.4) is 0 Å². The third kappa shape index (κ3) is 2.31. The molecule has 2 heterocycles. The van der Waals surface area contributed by atoms with Crippen molar-refractivity contribution < 1.29 is 4.79 Å². The average molecular weight is 216 g/mol. The molecule has 0 aromatic carbocycles. The highest BCUT2D eigenvalue weighted by Gasteiger charge is 2.08. The van der Waals surface area contributed by atoms with Crippen LogP contribution in [0.1, 0.15) is 22.8 Å². The van der Waals surface area contributed by atoms with E-state index in [0.717, 1.165) is 12.1 Å². The zero-order valence-corrected chi connectivity index (χ0v) is 9.00. The summed E-state index contributed by atoms with van der Waals surface area (Å²) in [6.07, 6.45) is 8.39. The Labute approximate surface area is 93.2 Å². The fourth-order valence-corrected chi connectivity index (χ4v) is 1.40. The van der Waals surface area contributed by atoms with Crippen molar-refractivity contribution in [2.75, 3.05) is 0 Å². The zero-order valence-electron chi connectivity index (χ0n) is 9.00. The van der Waals surface area contributed by atoms with Gasteiger partial charge in [0.25, 0.3) is 0 Å². The van der Waals surface area contributed by atoms with E-state index in [1.54, 1.807) is 10.9 Å². The van der Waals surface area contributed by atoms with Gasteiger partial charge in [0.1, 0.15) is 6.33 Å². The Morgan fingerprint density at radius 1 is 1.31 bits per heavy atom. The summed E-state index contributed by atoms with van der Waals surface area (Å²) in [6.45, 7) is 2.81. The van der Waals surface area contributed by atoms with E-state index in [4.69, 9.17) is 0 Å². The molecule has 0 aliphatic rings. The first-order chi connectivity index (χ1) is 7.79. The fraction of sp³-hybridized carbons (Fsp3) is 0.273. The summed E-state index contributed by atoms with van der Waals surface area (Å²) < 4.78 is 1.80. The molecule has 16 heavy (non-hydrogen) atoms. The van der Waals surface area contributed by atoms with E-state index in [0.29, 0.717) is 12.0 Å². The molecular formula is C11H12N4O. The van der Waals surface area contributed by atoms with Crippen LogP contribution in [0.15, 0.2) is 31.1 Å². The third-order valence-electron chi connectivity index (χ3n) is 2.26. The van der Waals surface area contributed by atoms with Crippen LogP contribution in [0.2, 0.25) is 0 Å². The molecule has 2 aromatic rings. The quantitative estimate of drug-likeness (QED) is 0.718. The minimum absolute atomic E-state index is 0.0104. The molecule has 82 valence electrons. The van der Waals surface area contributed by atoms with Gasteiger partial charge in [0.15, 0.2) is 5.78 Å². The van der Waals surface area contributed by atoms with Crippen molar-refractivity contribution in [1.82, 2.24) is 19.7 Å². The van der Waals surface area contributed by atoms with Crippen LogP contribution < -0.4 is 0 Å². The van der Waals surface area contributed by atoms with Gasteiger partial charge < -0.3 is 0 Å². The summed E-state index contributed by atoms with van der Waals surface area (Å²) in [4.78, 5) is 19.4. The standard InChI is InChI=1S/C11H12N4O/c1-2-15-7-9(4-14-15)3-11(16)10-5-12-8-13-6-10/h4-8H,2-3H2,1H3. The van der Waals surface area contributed by atoms with E-state index in [-0.39, 0.29) is 5.78 Å². The van der Waals surface area contributed by atoms with Gasteiger partial charge in [-0.2, -0.15) is 5.10 Å². The lowest BCUT2D eigenvalue weighted by atomic mass is 10.1. The third-order valence-corrected chi connectivity index (χ3v) is 2.26. The fourth-order valence-electron chi connectivity index (χ4n) is 1.40. The van der Waals surface area contributed by atoms with E-state index in [1.165, 1.54) is 18.7 Å². The number of hydrogen-bond donors (Lipinski definition) is 0. The minimum atomic E-state index is 0.0104. The van der Waals surface area contributed by atoms with E-state index >= 15 is 0 Å². The number of rotatable bonds is 4. The molecule has 5 heteroatoms. The molecule has 0 N–H and O–H groups in total. The van der Waals surface area contributed by atoms with Gasteiger partial charge in [0.2, 0.25) is 0 Å². The second-order valence-electron chi connectivity index (χ2n) is 3.43. The molecule has 0 spiro atoms. The van der Waals surface area contributed by atoms with Gasteiger partial charge >= 0.3 is 0 Å². The van der Waals surface area contributed by atoms with E-state index in [9.17, 15) is 4.79 Å². The number of nitrogens with zero attached hydrogens (tertiary/aromatic N) is 4. The smallest absolute Gasteiger partial charge is 0.170 e. The van der Waals surface area contributed by atoms with Crippen molar-refractivity contribution in [1.29, 1.82) is 0 Å². The van der Waals surface area contributed by atoms with Crippen molar-refractivity contribution in [3.05, 3.63) is 42.2 Å². The highest BCUT2D eigenvalue weighted by molar-refractivity contribution is 5.96. The topological polar surface area (TPSA) is 60.7 Å². The molecule has 5 nitrogen and oxygen atoms in total. The lowest BCUT2D eigenvalue weighted by Crippen LogP contribution is -2.03. The van der Waals surface area contributed by atoms with Crippen LogP contribution in [0.4, 0.5) is 0 Å². The molecule has 0 unspecified atom stereocenters.